The lowest BCUT2D eigenvalue weighted by Gasteiger charge is -2.21. The Kier molecular flexibility index (Phi) is 75.1. The number of ether oxygens (including phenoxy) is 3. The summed E-state index contributed by atoms with van der Waals surface area (Å²) in [5.74, 6) is -1.62. The van der Waals surface area contributed by atoms with Crippen LogP contribution >= 0.6 is 15.6 Å². The molecule has 0 aromatic heterocycles. The van der Waals surface area contributed by atoms with E-state index in [0.717, 1.165) is 161 Å². The quantitative estimate of drug-likeness (QED) is 0.0146. The van der Waals surface area contributed by atoms with E-state index in [4.69, 9.17) is 32.3 Å². The zero-order valence-corrected chi connectivity index (χ0v) is 67.4. The predicted molar refractivity (Wildman–Crippen MR) is 435 cm³/mol. The SMILES string of the molecule is CC/C=C\C/C=C\C/C=C\C/C=C\C/C=C\C/C=C\CCCCCCCCCCCCCCCCCCC(=O)OCC(O)COP(=O)(O)OCC(O)COP(=O)(O)OCC(COC(=O)CCCCCC/C=C\C/C=C\C/C=C\C/C=C\C/C=C\C/C=C\CC)OC(=O)CCCCCCC/C=C\CCCC. The number of carbonyl (C=O) groups is 3. The van der Waals surface area contributed by atoms with Gasteiger partial charge in [-0.2, -0.15) is 0 Å². The summed E-state index contributed by atoms with van der Waals surface area (Å²) in [6, 6.07) is 0. The van der Waals surface area contributed by atoms with E-state index in [9.17, 15) is 43.5 Å². The van der Waals surface area contributed by atoms with Crippen LogP contribution in [-0.4, -0.2) is 95.9 Å². The first-order chi connectivity index (χ1) is 51.2. The third-order valence-corrected chi connectivity index (χ3v) is 18.6. The highest BCUT2D eigenvalue weighted by molar-refractivity contribution is 7.47. The molecule has 105 heavy (non-hydrogen) atoms. The summed E-state index contributed by atoms with van der Waals surface area (Å²) in [5.41, 5.74) is 0. The van der Waals surface area contributed by atoms with Crippen LogP contribution in [-0.2, 0) is 55.8 Å². The van der Waals surface area contributed by atoms with Crippen LogP contribution in [0.25, 0.3) is 0 Å². The van der Waals surface area contributed by atoms with Gasteiger partial charge in [0, 0.05) is 19.3 Å². The first-order valence-electron chi connectivity index (χ1n) is 40.8. The molecule has 0 fully saturated rings. The topological polar surface area (TPSA) is 231 Å². The molecule has 0 rings (SSSR count). The van der Waals surface area contributed by atoms with Crippen molar-refractivity contribution >= 4 is 33.6 Å². The molecule has 0 bridgehead atoms. The number of hydrogen-bond donors (Lipinski definition) is 4. The molecule has 4 N–H and O–H groups in total. The van der Waals surface area contributed by atoms with E-state index in [2.05, 4.69) is 179 Å². The molecule has 16 nitrogen and oxygen atoms in total. The Hall–Kier alpha value is -4.83. The van der Waals surface area contributed by atoms with Crippen LogP contribution in [0.1, 0.15) is 316 Å². The van der Waals surface area contributed by atoms with Crippen LogP contribution in [0.2, 0.25) is 0 Å². The van der Waals surface area contributed by atoms with Crippen molar-refractivity contribution in [3.05, 3.63) is 158 Å². The molecule has 0 heterocycles. The second kappa shape index (κ2) is 78.7. The maximum absolute atomic E-state index is 12.9. The van der Waals surface area contributed by atoms with Crippen molar-refractivity contribution in [3.8, 4) is 0 Å². The van der Waals surface area contributed by atoms with Gasteiger partial charge in [0.05, 0.1) is 26.4 Å². The molecule has 5 atom stereocenters. The van der Waals surface area contributed by atoms with E-state index < -0.39 is 91.5 Å². The van der Waals surface area contributed by atoms with Crippen LogP contribution in [0.3, 0.4) is 0 Å². The number of rotatable bonds is 76. The van der Waals surface area contributed by atoms with Gasteiger partial charge < -0.3 is 34.2 Å². The van der Waals surface area contributed by atoms with Crippen molar-refractivity contribution < 1.29 is 75.8 Å². The number of phosphoric acid groups is 2. The zero-order valence-electron chi connectivity index (χ0n) is 65.6. The van der Waals surface area contributed by atoms with E-state index in [-0.39, 0.29) is 19.3 Å². The minimum absolute atomic E-state index is 0.0845. The third kappa shape index (κ3) is 80.0. The van der Waals surface area contributed by atoms with E-state index in [1.54, 1.807) is 0 Å². The Bertz CT molecular complexity index is 2540. The van der Waals surface area contributed by atoms with Crippen molar-refractivity contribution in [3.63, 3.8) is 0 Å². The number of unbranched alkanes of at least 4 members (excludes halogenated alkanes) is 27. The normalized spacial score (nSPS) is 14.8. The third-order valence-electron chi connectivity index (χ3n) is 16.7. The van der Waals surface area contributed by atoms with E-state index in [1.807, 2.05) is 0 Å². The Morgan fingerprint density at radius 1 is 0.276 bits per heavy atom. The van der Waals surface area contributed by atoms with E-state index in [0.29, 0.717) is 19.3 Å². The number of carbonyl (C=O) groups excluding carboxylic acids is 3. The van der Waals surface area contributed by atoms with E-state index in [1.165, 1.54) is 96.3 Å². The van der Waals surface area contributed by atoms with Crippen LogP contribution in [0, 0.1) is 0 Å². The Labute approximate surface area is 638 Å². The number of hydrogen-bond acceptors (Lipinski definition) is 14. The molecule has 0 saturated carbocycles. The van der Waals surface area contributed by atoms with Crippen molar-refractivity contribution in [2.24, 2.45) is 0 Å². The Morgan fingerprint density at radius 2 is 0.505 bits per heavy atom. The number of allylic oxidation sites excluding steroid dienone is 26. The molecule has 0 aliphatic rings. The smallest absolute Gasteiger partial charge is 0.463 e. The highest BCUT2D eigenvalue weighted by Gasteiger charge is 2.29. The van der Waals surface area contributed by atoms with Crippen molar-refractivity contribution in [1.29, 1.82) is 0 Å². The summed E-state index contributed by atoms with van der Waals surface area (Å²) in [4.78, 5) is 58.6. The van der Waals surface area contributed by atoms with Gasteiger partial charge in [0.25, 0.3) is 0 Å². The average molecular weight is 1510 g/mol. The van der Waals surface area contributed by atoms with Gasteiger partial charge in [0.15, 0.2) is 6.10 Å². The fourth-order valence-electron chi connectivity index (χ4n) is 10.6. The minimum Gasteiger partial charge on any atom is -0.463 e. The fourth-order valence-corrected chi connectivity index (χ4v) is 12.1. The number of phosphoric ester groups is 2. The lowest BCUT2D eigenvalue weighted by atomic mass is 10.0. The molecule has 18 heteroatoms. The first-order valence-corrected chi connectivity index (χ1v) is 43.8. The van der Waals surface area contributed by atoms with Gasteiger partial charge in [-0.3, -0.25) is 32.5 Å². The Balaban J connectivity index is 4.39. The highest BCUT2D eigenvalue weighted by Crippen LogP contribution is 2.45. The Morgan fingerprint density at radius 3 is 0.810 bits per heavy atom. The zero-order chi connectivity index (χ0) is 76.6. The van der Waals surface area contributed by atoms with Crippen LogP contribution in [0.5, 0.6) is 0 Å². The molecule has 600 valence electrons. The van der Waals surface area contributed by atoms with Gasteiger partial charge in [0.1, 0.15) is 25.4 Å². The van der Waals surface area contributed by atoms with Gasteiger partial charge in [-0.25, -0.2) is 9.13 Å². The monoisotopic (exact) mass is 1510 g/mol. The maximum Gasteiger partial charge on any atom is 0.472 e. The van der Waals surface area contributed by atoms with Crippen molar-refractivity contribution in [2.75, 3.05) is 39.6 Å². The number of aliphatic hydroxyl groups excluding tert-OH is 2. The van der Waals surface area contributed by atoms with Gasteiger partial charge in [0.2, 0.25) is 0 Å². The highest BCUT2D eigenvalue weighted by atomic mass is 31.2. The maximum atomic E-state index is 12.9. The van der Waals surface area contributed by atoms with Crippen molar-refractivity contribution in [2.45, 2.75) is 334 Å². The first kappa shape index (κ1) is 100. The van der Waals surface area contributed by atoms with Gasteiger partial charge in [-0.15, -0.1) is 0 Å². The summed E-state index contributed by atoms with van der Waals surface area (Å²) in [6.07, 6.45) is 98.9. The second-order valence-corrected chi connectivity index (χ2v) is 29.7. The average Bonchev–Trinajstić information content (AvgIpc) is 0.918. The van der Waals surface area contributed by atoms with Crippen LogP contribution < -0.4 is 0 Å². The fraction of sp³-hybridized carbons (Fsp3) is 0.667. The van der Waals surface area contributed by atoms with Gasteiger partial charge >= 0.3 is 33.6 Å². The van der Waals surface area contributed by atoms with Crippen LogP contribution in [0.4, 0.5) is 0 Å². The molecule has 0 aromatic rings. The summed E-state index contributed by atoms with van der Waals surface area (Å²) < 4.78 is 61.0. The second-order valence-electron chi connectivity index (χ2n) is 26.8. The predicted octanol–water partition coefficient (Wildman–Crippen LogP) is 24.2. The van der Waals surface area contributed by atoms with Gasteiger partial charge in [-0.1, -0.05) is 314 Å². The molecular weight excluding hydrogens is 1360 g/mol. The standard InChI is InChI=1S/C87H146O16P2/c1-4-7-10-13-16-19-22-24-26-28-30-32-34-35-36-37-38-39-40-41-42-43-44-45-47-49-50-52-54-56-59-61-64-67-70-73-85(90)97-76-82(88)77-99-104(93,94)100-78-83(89)79-101-105(95,96)102-81-84(103-87(92)75-72-69-66-63-58-21-18-15-12-9-6-3)80-98-86(91)74-71-68-65-62-60-57-55-53-51-48-46-33-31-29-27-25-23-20-17-14-11-8-5-2/h7-8,10-11,15-20,24-27,30-33,35-36,38-39,48,51,55,57,82-84,88-89H,4-6,9,12-14,21-23,28-29,34,37,40-47,49-50,52-54,56,58-81H2,1-3H3,(H,93,94)(H,95,96)/b10-7-,11-8-,18-15-,19-16-,20-17-,26-24-,27-25-,32-30-,33-31-,36-35-,39-38-,51-48-,57-55-. The number of esters is 3. The summed E-state index contributed by atoms with van der Waals surface area (Å²) in [5, 5.41) is 20.6. The molecule has 0 amide bonds. The molecule has 0 radical (unpaired) electrons. The summed E-state index contributed by atoms with van der Waals surface area (Å²) in [7, 11) is -9.80. The minimum atomic E-state index is -4.94. The lowest BCUT2D eigenvalue weighted by Crippen LogP contribution is -2.30. The summed E-state index contributed by atoms with van der Waals surface area (Å²) in [6.45, 7) is 2.37. The number of aliphatic hydroxyl groups is 2. The summed E-state index contributed by atoms with van der Waals surface area (Å²) >= 11 is 0. The molecule has 5 unspecified atom stereocenters. The molecule has 0 aliphatic carbocycles. The molecule has 0 aromatic carbocycles. The van der Waals surface area contributed by atoms with E-state index >= 15 is 0 Å². The van der Waals surface area contributed by atoms with Crippen molar-refractivity contribution in [1.82, 2.24) is 0 Å². The molecule has 0 aliphatic heterocycles. The van der Waals surface area contributed by atoms with Crippen LogP contribution in [0.15, 0.2) is 158 Å². The molecular formula is C87H146O16P2. The largest absolute Gasteiger partial charge is 0.472 e. The lowest BCUT2D eigenvalue weighted by molar-refractivity contribution is -0.161. The molecule has 0 saturated heterocycles. The molecule has 0 spiro atoms. The van der Waals surface area contributed by atoms with Gasteiger partial charge in [-0.05, 0) is 141 Å².